The van der Waals surface area contributed by atoms with Gasteiger partial charge in [-0.25, -0.2) is 0 Å². The summed E-state index contributed by atoms with van der Waals surface area (Å²) in [5, 5.41) is 19.8. The minimum Gasteiger partial charge on any atom is -0.490 e. The van der Waals surface area contributed by atoms with Crippen molar-refractivity contribution in [1.29, 1.82) is 5.26 Å². The molecule has 96 valence electrons. The molecule has 0 unspecified atom stereocenters. The van der Waals surface area contributed by atoms with Gasteiger partial charge in [-0.1, -0.05) is 6.07 Å². The number of rotatable bonds is 5. The van der Waals surface area contributed by atoms with Crippen LogP contribution in [0.5, 0.6) is 5.75 Å². The smallest absolute Gasteiger partial charge is 0.290 e. The topological polar surface area (TPSA) is 81.1 Å². The predicted octanol–water partition coefficient (Wildman–Crippen LogP) is 2.35. The summed E-state index contributed by atoms with van der Waals surface area (Å²) in [5.74, 6) is 0.240. The molecule has 0 saturated heterocycles. The van der Waals surface area contributed by atoms with Gasteiger partial charge in [0.2, 0.25) is 0 Å². The minimum absolute atomic E-state index is 0.0417. The van der Waals surface area contributed by atoms with E-state index in [9.17, 15) is 10.1 Å². The molecule has 19 heavy (non-hydrogen) atoms. The number of nitro groups is 1. The number of nitriles is 1. The van der Waals surface area contributed by atoms with Crippen molar-refractivity contribution in [3.8, 4) is 11.8 Å². The average Bonchev–Trinajstić information content (AvgIpc) is 2.91. The first-order chi connectivity index (χ1) is 9.22. The van der Waals surface area contributed by atoms with Crippen LogP contribution in [-0.2, 0) is 6.54 Å². The summed E-state index contributed by atoms with van der Waals surface area (Å²) in [4.78, 5) is 10.2. The number of benzene rings is 1. The van der Waals surface area contributed by atoms with Crippen molar-refractivity contribution in [2.45, 2.75) is 6.54 Å². The molecule has 1 heterocycles. The zero-order valence-corrected chi connectivity index (χ0v) is 10.0. The van der Waals surface area contributed by atoms with Crippen LogP contribution in [0.15, 0.2) is 42.7 Å². The van der Waals surface area contributed by atoms with E-state index in [1.165, 1.54) is 12.1 Å². The lowest BCUT2D eigenvalue weighted by molar-refractivity contribution is -0.385. The van der Waals surface area contributed by atoms with E-state index in [2.05, 4.69) is 0 Å². The van der Waals surface area contributed by atoms with Crippen molar-refractivity contribution in [1.82, 2.24) is 4.57 Å². The lowest BCUT2D eigenvalue weighted by Crippen LogP contribution is -2.07. The first-order valence-electron chi connectivity index (χ1n) is 5.63. The summed E-state index contributed by atoms with van der Waals surface area (Å²) in [6.45, 7) is 0.949. The third-order valence-corrected chi connectivity index (χ3v) is 2.59. The van der Waals surface area contributed by atoms with Crippen molar-refractivity contribution in [2.75, 3.05) is 6.61 Å². The molecular weight excluding hydrogens is 246 g/mol. The molecule has 0 amide bonds. The molecule has 0 aliphatic rings. The Bertz CT molecular complexity index is 615. The molecular formula is C13H11N3O3. The van der Waals surface area contributed by atoms with Gasteiger partial charge in [-0.3, -0.25) is 10.1 Å². The van der Waals surface area contributed by atoms with Gasteiger partial charge in [0, 0.05) is 18.5 Å². The molecule has 0 aliphatic heterocycles. The molecule has 0 atom stereocenters. The Morgan fingerprint density at radius 1 is 1.32 bits per heavy atom. The standard InChI is InChI=1S/C13H11N3O3/c14-10-11-12(16(17)18)4-3-5-13(11)19-9-8-15-6-1-2-7-15/h1-7H,8-9H2. The Hall–Kier alpha value is -2.81. The van der Waals surface area contributed by atoms with Crippen molar-refractivity contribution >= 4 is 5.69 Å². The van der Waals surface area contributed by atoms with Gasteiger partial charge in [0.25, 0.3) is 5.69 Å². The molecule has 2 rings (SSSR count). The van der Waals surface area contributed by atoms with E-state index in [4.69, 9.17) is 10.00 Å². The molecule has 0 fully saturated rings. The Kier molecular flexibility index (Phi) is 3.78. The number of nitro benzene ring substituents is 1. The van der Waals surface area contributed by atoms with Crippen LogP contribution in [0, 0.1) is 21.4 Å². The summed E-state index contributed by atoms with van der Waals surface area (Å²) in [5.41, 5.74) is -0.277. The lowest BCUT2D eigenvalue weighted by Gasteiger charge is -2.08. The SMILES string of the molecule is N#Cc1c(OCCn2cccc2)cccc1[N+](=O)[O-]. The van der Waals surface area contributed by atoms with Gasteiger partial charge >= 0.3 is 0 Å². The molecule has 0 N–H and O–H groups in total. The maximum absolute atomic E-state index is 10.8. The summed E-state index contributed by atoms with van der Waals surface area (Å²) in [6.07, 6.45) is 3.78. The van der Waals surface area contributed by atoms with Crippen molar-refractivity contribution in [3.05, 3.63) is 58.4 Å². The number of hydrogen-bond acceptors (Lipinski definition) is 4. The molecule has 1 aromatic carbocycles. The maximum Gasteiger partial charge on any atom is 0.290 e. The molecule has 1 aromatic heterocycles. The van der Waals surface area contributed by atoms with Crippen LogP contribution >= 0.6 is 0 Å². The molecule has 6 nitrogen and oxygen atoms in total. The van der Waals surface area contributed by atoms with Crippen LogP contribution in [0.2, 0.25) is 0 Å². The van der Waals surface area contributed by atoms with Gasteiger partial charge in [-0.05, 0) is 18.2 Å². The summed E-state index contributed by atoms with van der Waals surface area (Å²) in [7, 11) is 0. The summed E-state index contributed by atoms with van der Waals surface area (Å²) < 4.78 is 7.36. The van der Waals surface area contributed by atoms with E-state index in [0.717, 1.165) is 0 Å². The summed E-state index contributed by atoms with van der Waals surface area (Å²) >= 11 is 0. The number of ether oxygens (including phenoxy) is 1. The number of aromatic nitrogens is 1. The van der Waals surface area contributed by atoms with Crippen LogP contribution in [0.3, 0.4) is 0 Å². The fourth-order valence-corrected chi connectivity index (χ4v) is 1.68. The third-order valence-electron chi connectivity index (χ3n) is 2.59. The number of nitrogens with zero attached hydrogens (tertiary/aromatic N) is 3. The Morgan fingerprint density at radius 3 is 2.68 bits per heavy atom. The Morgan fingerprint density at radius 2 is 2.05 bits per heavy atom. The molecule has 0 aliphatic carbocycles. The van der Waals surface area contributed by atoms with E-state index in [0.29, 0.717) is 13.2 Å². The third kappa shape index (κ3) is 2.90. The highest BCUT2D eigenvalue weighted by Gasteiger charge is 2.17. The van der Waals surface area contributed by atoms with Crippen molar-refractivity contribution < 1.29 is 9.66 Å². The fraction of sp³-hybridized carbons (Fsp3) is 0.154. The quantitative estimate of drug-likeness (QED) is 0.608. The van der Waals surface area contributed by atoms with Gasteiger partial charge in [-0.2, -0.15) is 5.26 Å². The predicted molar refractivity (Wildman–Crippen MR) is 67.7 cm³/mol. The molecule has 2 aromatic rings. The molecule has 0 bridgehead atoms. The molecule has 0 radical (unpaired) electrons. The van der Waals surface area contributed by atoms with E-state index in [-0.39, 0.29) is 17.0 Å². The van der Waals surface area contributed by atoms with Gasteiger partial charge in [-0.15, -0.1) is 0 Å². The first-order valence-corrected chi connectivity index (χ1v) is 5.63. The largest absolute Gasteiger partial charge is 0.490 e. The monoisotopic (exact) mass is 257 g/mol. The van der Waals surface area contributed by atoms with Crippen LogP contribution in [0.25, 0.3) is 0 Å². The van der Waals surface area contributed by atoms with Crippen LogP contribution in [0.4, 0.5) is 5.69 Å². The summed E-state index contributed by atoms with van der Waals surface area (Å²) in [6, 6.07) is 9.96. The van der Waals surface area contributed by atoms with Crippen LogP contribution in [-0.4, -0.2) is 16.1 Å². The van der Waals surface area contributed by atoms with Crippen molar-refractivity contribution in [3.63, 3.8) is 0 Å². The lowest BCUT2D eigenvalue weighted by atomic mass is 10.2. The van der Waals surface area contributed by atoms with E-state index < -0.39 is 4.92 Å². The normalized spacial score (nSPS) is 9.84. The minimum atomic E-state index is -0.586. The first kappa shape index (κ1) is 12.6. The molecule has 6 heteroatoms. The Balaban J connectivity index is 2.10. The van der Waals surface area contributed by atoms with Gasteiger partial charge in [0.1, 0.15) is 18.4 Å². The van der Waals surface area contributed by atoms with E-state index >= 15 is 0 Å². The van der Waals surface area contributed by atoms with Gasteiger partial charge in [0.05, 0.1) is 11.5 Å². The van der Waals surface area contributed by atoms with E-state index in [1.54, 1.807) is 6.07 Å². The Labute approximate surface area is 109 Å². The fourth-order valence-electron chi connectivity index (χ4n) is 1.68. The highest BCUT2D eigenvalue weighted by atomic mass is 16.6. The second-order valence-electron chi connectivity index (χ2n) is 3.79. The van der Waals surface area contributed by atoms with Crippen molar-refractivity contribution in [2.24, 2.45) is 0 Å². The highest BCUT2D eigenvalue weighted by Crippen LogP contribution is 2.27. The second-order valence-corrected chi connectivity index (χ2v) is 3.79. The van der Waals surface area contributed by atoms with Gasteiger partial charge < -0.3 is 9.30 Å². The van der Waals surface area contributed by atoms with E-state index in [1.807, 2.05) is 35.2 Å². The zero-order valence-electron chi connectivity index (χ0n) is 10.0. The molecule has 0 saturated carbocycles. The van der Waals surface area contributed by atoms with Crippen LogP contribution in [0.1, 0.15) is 5.56 Å². The number of hydrogen-bond donors (Lipinski definition) is 0. The average molecular weight is 257 g/mol. The second kappa shape index (κ2) is 5.69. The van der Waals surface area contributed by atoms with Gasteiger partial charge in [0.15, 0.2) is 5.56 Å². The maximum atomic E-state index is 10.8. The molecule has 0 spiro atoms. The van der Waals surface area contributed by atoms with Crippen LogP contribution < -0.4 is 4.74 Å². The highest BCUT2D eigenvalue weighted by molar-refractivity contribution is 5.56. The zero-order chi connectivity index (χ0) is 13.7.